The van der Waals surface area contributed by atoms with Crippen LogP contribution in [0.4, 0.5) is 0 Å². The van der Waals surface area contributed by atoms with Crippen LogP contribution in [0, 0.1) is 23.7 Å². The van der Waals surface area contributed by atoms with Gasteiger partial charge in [0, 0.05) is 32.0 Å². The number of carboxylic acid groups (broad SMARTS) is 1. The van der Waals surface area contributed by atoms with Crippen molar-refractivity contribution in [1.29, 1.82) is 0 Å². The maximum Gasteiger partial charge on any atom is 0.336 e. The maximum absolute atomic E-state index is 11.9. The Morgan fingerprint density at radius 1 is 0.944 bits per heavy atom. The van der Waals surface area contributed by atoms with Crippen molar-refractivity contribution < 1.29 is 27.7 Å². The first-order chi connectivity index (χ1) is 25.6. The van der Waals surface area contributed by atoms with Gasteiger partial charge in [0.15, 0.2) is 0 Å². The number of hydrogen-bond donors (Lipinski definition) is 2. The van der Waals surface area contributed by atoms with Crippen LogP contribution in [0.3, 0.4) is 0 Å². The van der Waals surface area contributed by atoms with Crippen molar-refractivity contribution in [1.82, 2.24) is 19.1 Å². The molecule has 0 saturated heterocycles. The molecule has 2 aliphatic rings. The lowest BCUT2D eigenvalue weighted by atomic mass is 9.70. The Morgan fingerprint density at radius 3 is 2.28 bits per heavy atom. The number of carbonyl (C=O) groups excluding carboxylic acids is 1. The molecule has 2 atom stereocenters. The monoisotopic (exact) mass is 746 g/mol. The summed E-state index contributed by atoms with van der Waals surface area (Å²) >= 11 is 0. The fourth-order valence-electron chi connectivity index (χ4n) is 8.88. The molecule has 6 aromatic rings. The first kappa shape index (κ1) is 37.2. The summed E-state index contributed by atoms with van der Waals surface area (Å²) in [5.74, 6) is 0.983. The molecule has 54 heavy (non-hydrogen) atoms. The number of carboxylic acids is 1. The number of rotatable bonds is 9. The lowest BCUT2D eigenvalue weighted by molar-refractivity contribution is -0.128. The molecule has 280 valence electrons. The van der Waals surface area contributed by atoms with Crippen LogP contribution in [0.15, 0.2) is 84.9 Å². The quantitative estimate of drug-likeness (QED) is 0.140. The zero-order chi connectivity index (χ0) is 38.6. The molecular formula is C43H46N4O6S. The first-order valence-corrected chi connectivity index (χ1v) is 20.1. The molecule has 0 spiro atoms. The van der Waals surface area contributed by atoms with Crippen molar-refractivity contribution in [3.05, 3.63) is 107 Å². The molecule has 2 heterocycles. The highest BCUT2D eigenvalue weighted by molar-refractivity contribution is 7.85. The lowest BCUT2D eigenvalue weighted by Crippen LogP contribution is -2.42. The van der Waals surface area contributed by atoms with Crippen molar-refractivity contribution in [2.75, 3.05) is 5.75 Å². The molecule has 2 saturated carbocycles. The second-order valence-corrected chi connectivity index (χ2v) is 16.9. The van der Waals surface area contributed by atoms with Crippen LogP contribution < -0.4 is 0 Å². The van der Waals surface area contributed by atoms with E-state index in [1.165, 1.54) is 0 Å². The Balaban J connectivity index is 0.000000251. The van der Waals surface area contributed by atoms with E-state index < -0.39 is 27.3 Å². The number of aromatic carboxylic acids is 1. The molecule has 2 fully saturated rings. The van der Waals surface area contributed by atoms with Gasteiger partial charge in [-0.1, -0.05) is 75.4 Å². The Kier molecular flexibility index (Phi) is 9.60. The lowest BCUT2D eigenvalue weighted by Gasteiger charge is -2.35. The van der Waals surface area contributed by atoms with Gasteiger partial charge in [0.2, 0.25) is 0 Å². The van der Waals surface area contributed by atoms with Gasteiger partial charge in [-0.15, -0.1) is 0 Å². The molecule has 2 N–H and O–H groups in total. The largest absolute Gasteiger partial charge is 0.478 e. The van der Waals surface area contributed by atoms with Gasteiger partial charge in [0.1, 0.15) is 17.4 Å². The zero-order valence-electron chi connectivity index (χ0n) is 31.3. The fourth-order valence-corrected chi connectivity index (χ4v) is 10.2. The van der Waals surface area contributed by atoms with E-state index in [1.807, 2.05) is 56.3 Å². The average Bonchev–Trinajstić information content (AvgIpc) is 3.78. The molecule has 2 bridgehead atoms. The molecule has 2 aliphatic carbocycles. The van der Waals surface area contributed by atoms with Crippen molar-refractivity contribution >= 4 is 43.9 Å². The van der Waals surface area contributed by atoms with Gasteiger partial charge < -0.3 is 14.2 Å². The van der Waals surface area contributed by atoms with Crippen LogP contribution in [0.25, 0.3) is 44.6 Å². The van der Waals surface area contributed by atoms with Gasteiger partial charge in [0.05, 0.1) is 38.8 Å². The third-order valence-corrected chi connectivity index (χ3v) is 12.8. The number of aromatic nitrogens is 4. The van der Waals surface area contributed by atoms with Crippen molar-refractivity contribution in [2.45, 2.75) is 66.3 Å². The zero-order valence-corrected chi connectivity index (χ0v) is 32.2. The fraction of sp³-hybridized carbons (Fsp3) is 0.349. The number of para-hydroxylation sites is 2. The van der Waals surface area contributed by atoms with E-state index in [0.717, 1.165) is 80.8 Å². The van der Waals surface area contributed by atoms with Crippen LogP contribution in [-0.2, 0) is 34.9 Å². The third-order valence-electron chi connectivity index (χ3n) is 12.0. The standard InChI is InChI=1S/C33H30N4O2.C10H16O4S/c1-4-9-30-35-31-21(2)18-24(32-34-27-12-7-8-13-28(27)36(32)3)19-29(31)37(30)20-22-14-16-23(17-15-22)25-10-5-6-11-26(25)33(38)39;1-9(2)7-3-4-10(9,8(11)5-7)6-15(12,13)14/h5-8,10-19H,4,9,20H2,1-3H3,(H,38,39);7H,3-6H2,1-2H3,(H,12,13,14). The normalized spacial score (nSPS) is 19.0. The van der Waals surface area contributed by atoms with Gasteiger partial charge >= 0.3 is 5.97 Å². The number of imidazole rings is 2. The summed E-state index contributed by atoms with van der Waals surface area (Å²) < 4.78 is 35.4. The van der Waals surface area contributed by atoms with Crippen molar-refractivity contribution in [2.24, 2.45) is 23.8 Å². The number of benzene rings is 4. The molecular weight excluding hydrogens is 701 g/mol. The number of aryl methyl sites for hydroxylation is 3. The summed E-state index contributed by atoms with van der Waals surface area (Å²) in [5.41, 5.74) is 8.34. The summed E-state index contributed by atoms with van der Waals surface area (Å²) in [4.78, 5) is 33.6. The van der Waals surface area contributed by atoms with Gasteiger partial charge in [-0.2, -0.15) is 8.42 Å². The van der Waals surface area contributed by atoms with Crippen LogP contribution in [0.2, 0.25) is 0 Å². The minimum atomic E-state index is -4.08. The highest BCUT2D eigenvalue weighted by Crippen LogP contribution is 2.64. The van der Waals surface area contributed by atoms with Gasteiger partial charge in [-0.05, 0) is 90.1 Å². The summed E-state index contributed by atoms with van der Waals surface area (Å²) in [5, 5.41) is 9.60. The minimum absolute atomic E-state index is 0.0152. The summed E-state index contributed by atoms with van der Waals surface area (Å²) in [7, 11) is -2.01. The van der Waals surface area contributed by atoms with Crippen LogP contribution >= 0.6 is 0 Å². The van der Waals surface area contributed by atoms with Crippen LogP contribution in [-0.4, -0.2) is 54.7 Å². The highest BCUT2D eigenvalue weighted by atomic mass is 32.2. The number of fused-ring (bicyclic) bond motifs is 4. The predicted octanol–water partition coefficient (Wildman–Crippen LogP) is 8.53. The number of nitrogens with zero attached hydrogens (tertiary/aromatic N) is 4. The van der Waals surface area contributed by atoms with E-state index in [2.05, 4.69) is 60.4 Å². The van der Waals surface area contributed by atoms with E-state index in [1.54, 1.807) is 12.1 Å². The molecule has 2 unspecified atom stereocenters. The Hall–Kier alpha value is -5.13. The predicted molar refractivity (Wildman–Crippen MR) is 211 cm³/mol. The molecule has 4 aromatic carbocycles. The molecule has 8 rings (SSSR count). The molecule has 10 nitrogen and oxygen atoms in total. The van der Waals surface area contributed by atoms with Crippen LogP contribution in [0.1, 0.15) is 73.8 Å². The van der Waals surface area contributed by atoms with Crippen molar-refractivity contribution in [3.63, 3.8) is 0 Å². The highest BCUT2D eigenvalue weighted by Gasteiger charge is 2.65. The van der Waals surface area contributed by atoms with E-state index in [0.29, 0.717) is 24.9 Å². The molecule has 2 aromatic heterocycles. The first-order valence-electron chi connectivity index (χ1n) is 18.4. The Bertz CT molecular complexity index is 2530. The Labute approximate surface area is 315 Å². The maximum atomic E-state index is 11.9. The second kappa shape index (κ2) is 13.9. The summed E-state index contributed by atoms with van der Waals surface area (Å²) in [6.45, 7) is 8.87. The summed E-state index contributed by atoms with van der Waals surface area (Å²) in [6.07, 6.45) is 3.87. The van der Waals surface area contributed by atoms with E-state index in [4.69, 9.17) is 14.5 Å². The van der Waals surface area contributed by atoms with Gasteiger partial charge in [0.25, 0.3) is 10.1 Å². The smallest absolute Gasteiger partial charge is 0.336 e. The molecule has 0 radical (unpaired) electrons. The number of ketones is 1. The van der Waals surface area contributed by atoms with E-state index >= 15 is 0 Å². The summed E-state index contributed by atoms with van der Waals surface area (Å²) in [6, 6.07) is 27.9. The number of carbonyl (C=O) groups is 2. The third kappa shape index (κ3) is 6.53. The Morgan fingerprint density at radius 2 is 1.65 bits per heavy atom. The second-order valence-electron chi connectivity index (χ2n) is 15.4. The molecule has 11 heteroatoms. The number of hydrogen-bond acceptors (Lipinski definition) is 6. The van der Waals surface area contributed by atoms with Gasteiger partial charge in [-0.25, -0.2) is 14.8 Å². The minimum Gasteiger partial charge on any atom is -0.478 e. The van der Waals surface area contributed by atoms with Crippen molar-refractivity contribution in [3.8, 4) is 22.5 Å². The molecule has 0 amide bonds. The van der Waals surface area contributed by atoms with Gasteiger partial charge in [-0.3, -0.25) is 9.35 Å². The van der Waals surface area contributed by atoms with Crippen LogP contribution in [0.5, 0.6) is 0 Å². The molecule has 0 aliphatic heterocycles. The average molecular weight is 747 g/mol. The topological polar surface area (TPSA) is 144 Å². The van der Waals surface area contributed by atoms with E-state index in [-0.39, 0.29) is 17.1 Å². The SMILES string of the molecule is CC1(C)C2CCC1(CS(=O)(=O)O)C(=O)C2.CCCc1nc2c(C)cc(-c3nc4ccccc4n3C)cc2n1Cc1ccc(-c2ccccc2C(=O)O)cc1. The number of Topliss-reactive ketones (excluding diaryl/α,β-unsaturated/α-hetero) is 1. The van der Waals surface area contributed by atoms with E-state index in [9.17, 15) is 23.1 Å².